The Morgan fingerprint density at radius 2 is 2.06 bits per heavy atom. The van der Waals surface area contributed by atoms with E-state index < -0.39 is 24.3 Å². The highest BCUT2D eigenvalue weighted by atomic mass is 16.6. The van der Waals surface area contributed by atoms with Crippen LogP contribution < -0.4 is 0 Å². The van der Waals surface area contributed by atoms with E-state index in [4.69, 9.17) is 9.47 Å². The molecule has 1 heterocycles. The highest BCUT2D eigenvalue weighted by Gasteiger charge is 2.32. The van der Waals surface area contributed by atoms with Crippen molar-refractivity contribution in [1.82, 2.24) is 0 Å². The van der Waals surface area contributed by atoms with Crippen LogP contribution in [0.25, 0.3) is 0 Å². The molecule has 1 aromatic rings. The van der Waals surface area contributed by atoms with Crippen molar-refractivity contribution in [3.63, 3.8) is 0 Å². The summed E-state index contributed by atoms with van der Waals surface area (Å²) in [5.74, 6) is -0.891. The SMILES string of the molecule is CC[C@@H](/C=C(/C)C1C[C@@H](OC)CCC(C)(C)c2cccc(c2)C[C@@H](O)[C@H](O)C(=O)O1)CO. The predicted molar refractivity (Wildman–Crippen MR) is 124 cm³/mol. The summed E-state index contributed by atoms with van der Waals surface area (Å²) in [6.45, 7) is 8.23. The number of aliphatic hydroxyl groups excluding tert-OH is 3. The Balaban J connectivity index is 2.40. The Morgan fingerprint density at radius 3 is 2.69 bits per heavy atom. The second-order valence-electron chi connectivity index (χ2n) is 9.62. The summed E-state index contributed by atoms with van der Waals surface area (Å²) in [7, 11) is 1.65. The maximum Gasteiger partial charge on any atom is 0.338 e. The number of cyclic esters (lactones) is 1. The molecule has 5 atom stereocenters. The molecule has 1 unspecified atom stereocenters. The van der Waals surface area contributed by atoms with Gasteiger partial charge in [-0.05, 0) is 48.3 Å². The Morgan fingerprint density at radius 1 is 1.34 bits per heavy atom. The lowest BCUT2D eigenvalue weighted by atomic mass is 9.78. The van der Waals surface area contributed by atoms with Gasteiger partial charge in [-0.1, -0.05) is 51.1 Å². The van der Waals surface area contributed by atoms with Crippen LogP contribution in [0.4, 0.5) is 0 Å². The molecule has 0 fully saturated rings. The summed E-state index contributed by atoms with van der Waals surface area (Å²) in [5.41, 5.74) is 2.70. The minimum absolute atomic E-state index is 0.00941. The first-order valence-corrected chi connectivity index (χ1v) is 11.6. The monoisotopic (exact) mass is 448 g/mol. The second-order valence-corrected chi connectivity index (χ2v) is 9.62. The van der Waals surface area contributed by atoms with Crippen molar-refractivity contribution in [2.75, 3.05) is 13.7 Å². The molecule has 0 saturated heterocycles. The summed E-state index contributed by atoms with van der Waals surface area (Å²) >= 11 is 0. The molecule has 2 bridgehead atoms. The lowest BCUT2D eigenvalue weighted by molar-refractivity contribution is -0.164. The van der Waals surface area contributed by atoms with Gasteiger partial charge in [0.1, 0.15) is 6.10 Å². The molecule has 0 radical (unpaired) electrons. The topological polar surface area (TPSA) is 96.2 Å². The minimum Gasteiger partial charge on any atom is -0.456 e. The van der Waals surface area contributed by atoms with Gasteiger partial charge in [-0.2, -0.15) is 0 Å². The number of ether oxygens (including phenoxy) is 2. The Kier molecular flexibility index (Phi) is 9.89. The van der Waals surface area contributed by atoms with E-state index in [1.54, 1.807) is 7.11 Å². The van der Waals surface area contributed by atoms with Gasteiger partial charge in [0.25, 0.3) is 0 Å². The van der Waals surface area contributed by atoms with Crippen LogP contribution in [0.15, 0.2) is 35.9 Å². The van der Waals surface area contributed by atoms with Gasteiger partial charge < -0.3 is 24.8 Å². The Bertz CT molecular complexity index is 767. The van der Waals surface area contributed by atoms with E-state index in [9.17, 15) is 20.1 Å². The molecule has 6 nitrogen and oxygen atoms in total. The molecule has 1 aromatic carbocycles. The van der Waals surface area contributed by atoms with Crippen LogP contribution in [0.5, 0.6) is 0 Å². The highest BCUT2D eigenvalue weighted by Crippen LogP contribution is 2.32. The molecule has 0 amide bonds. The first-order valence-electron chi connectivity index (χ1n) is 11.6. The molecule has 0 saturated carbocycles. The van der Waals surface area contributed by atoms with Crippen molar-refractivity contribution < 1.29 is 29.6 Å². The smallest absolute Gasteiger partial charge is 0.338 e. The maximum atomic E-state index is 12.7. The number of benzene rings is 1. The Hall–Kier alpha value is -1.73. The van der Waals surface area contributed by atoms with Crippen LogP contribution in [-0.4, -0.2) is 59.4 Å². The Labute approximate surface area is 192 Å². The number of fused-ring (bicyclic) bond motifs is 2. The molecule has 1 aliphatic rings. The lowest BCUT2D eigenvalue weighted by Crippen LogP contribution is -2.40. The average molecular weight is 449 g/mol. The van der Waals surface area contributed by atoms with Crippen LogP contribution in [0.2, 0.25) is 0 Å². The molecule has 32 heavy (non-hydrogen) atoms. The molecular weight excluding hydrogens is 408 g/mol. The van der Waals surface area contributed by atoms with Gasteiger partial charge in [-0.15, -0.1) is 0 Å². The van der Waals surface area contributed by atoms with Gasteiger partial charge in [0.2, 0.25) is 0 Å². The van der Waals surface area contributed by atoms with Gasteiger partial charge in [-0.3, -0.25) is 0 Å². The lowest BCUT2D eigenvalue weighted by Gasteiger charge is -2.31. The van der Waals surface area contributed by atoms with Crippen LogP contribution in [0, 0.1) is 5.92 Å². The zero-order chi connectivity index (χ0) is 23.9. The summed E-state index contributed by atoms with van der Waals surface area (Å²) in [5, 5.41) is 30.6. The first-order chi connectivity index (χ1) is 15.1. The molecular formula is C26H40O6. The predicted octanol–water partition coefficient (Wildman–Crippen LogP) is 3.30. The number of rotatable bonds is 5. The van der Waals surface area contributed by atoms with Crippen molar-refractivity contribution in [1.29, 1.82) is 0 Å². The molecule has 0 aromatic heterocycles. The average Bonchev–Trinajstić information content (AvgIpc) is 2.78. The highest BCUT2D eigenvalue weighted by molar-refractivity contribution is 5.75. The third kappa shape index (κ3) is 7.14. The quantitative estimate of drug-likeness (QED) is 0.472. The van der Waals surface area contributed by atoms with E-state index in [1.165, 1.54) is 0 Å². The standard InChI is InChI=1S/C26H40O6/c1-6-18(16-27)12-17(2)23-15-21(31-5)10-11-26(3,4)20-9-7-8-19(13-20)14-22(28)24(29)25(30)32-23/h7-9,12-13,18,21-24,27-29H,6,10-11,14-16H2,1-5H3/b17-12-/t18-,21-,22+,23?,24-/m0/s1. The number of hydrogen-bond acceptors (Lipinski definition) is 6. The maximum absolute atomic E-state index is 12.7. The van der Waals surface area contributed by atoms with E-state index >= 15 is 0 Å². The van der Waals surface area contributed by atoms with Gasteiger partial charge in [0, 0.05) is 32.5 Å². The number of hydrogen-bond donors (Lipinski definition) is 3. The molecule has 180 valence electrons. The molecule has 0 aliphatic carbocycles. The fourth-order valence-electron chi connectivity index (χ4n) is 4.18. The fourth-order valence-corrected chi connectivity index (χ4v) is 4.18. The molecule has 1 aliphatic heterocycles. The van der Waals surface area contributed by atoms with E-state index in [0.29, 0.717) is 6.42 Å². The van der Waals surface area contributed by atoms with Gasteiger partial charge >= 0.3 is 5.97 Å². The van der Waals surface area contributed by atoms with Crippen LogP contribution in [0.1, 0.15) is 64.5 Å². The summed E-state index contributed by atoms with van der Waals surface area (Å²) in [6, 6.07) is 7.94. The van der Waals surface area contributed by atoms with Crippen LogP contribution in [0.3, 0.4) is 0 Å². The van der Waals surface area contributed by atoms with E-state index in [0.717, 1.165) is 36.0 Å². The largest absolute Gasteiger partial charge is 0.456 e. The zero-order valence-electron chi connectivity index (χ0n) is 20.1. The van der Waals surface area contributed by atoms with E-state index in [1.807, 2.05) is 38.1 Å². The number of carbonyl (C=O) groups excluding carboxylic acids is 1. The second kappa shape index (κ2) is 11.9. The van der Waals surface area contributed by atoms with Crippen molar-refractivity contribution >= 4 is 5.97 Å². The third-order valence-electron chi connectivity index (χ3n) is 6.68. The first kappa shape index (κ1) is 26.5. The molecule has 2 rings (SSSR count). The van der Waals surface area contributed by atoms with Crippen molar-refractivity contribution in [2.24, 2.45) is 5.92 Å². The molecule has 3 N–H and O–H groups in total. The van der Waals surface area contributed by atoms with Crippen molar-refractivity contribution in [3.8, 4) is 0 Å². The van der Waals surface area contributed by atoms with Gasteiger partial charge in [0.15, 0.2) is 6.10 Å². The third-order valence-corrected chi connectivity index (χ3v) is 6.68. The number of methoxy groups -OCH3 is 1. The van der Waals surface area contributed by atoms with Crippen LogP contribution >= 0.6 is 0 Å². The molecule has 6 heteroatoms. The molecule has 0 spiro atoms. The minimum atomic E-state index is -1.65. The summed E-state index contributed by atoms with van der Waals surface area (Å²) in [4.78, 5) is 12.7. The summed E-state index contributed by atoms with van der Waals surface area (Å²) in [6.07, 6.45) is 1.24. The summed E-state index contributed by atoms with van der Waals surface area (Å²) < 4.78 is 11.4. The zero-order valence-corrected chi connectivity index (χ0v) is 20.1. The fraction of sp³-hybridized carbons (Fsp3) is 0.654. The number of esters is 1. The van der Waals surface area contributed by atoms with Crippen molar-refractivity contribution in [3.05, 3.63) is 47.0 Å². The van der Waals surface area contributed by atoms with E-state index in [-0.39, 0.29) is 30.5 Å². The number of aliphatic hydroxyl groups is 3. The van der Waals surface area contributed by atoms with E-state index in [2.05, 4.69) is 19.9 Å². The van der Waals surface area contributed by atoms with Crippen LogP contribution in [-0.2, 0) is 26.1 Å². The normalized spacial score (nSPS) is 28.5. The van der Waals surface area contributed by atoms with Gasteiger partial charge in [-0.25, -0.2) is 4.79 Å². The van der Waals surface area contributed by atoms with Gasteiger partial charge in [0.05, 0.1) is 12.2 Å². The number of carbonyl (C=O) groups is 1. The van der Waals surface area contributed by atoms with Crippen molar-refractivity contribution in [2.45, 2.75) is 89.6 Å².